The van der Waals surface area contributed by atoms with Gasteiger partial charge in [-0.05, 0) is 48.9 Å². The fraction of sp³-hybridized carbons (Fsp3) is 0.174. The van der Waals surface area contributed by atoms with Crippen LogP contribution >= 0.6 is 0 Å². The molecule has 0 bridgehead atoms. The third-order valence-electron chi connectivity index (χ3n) is 4.85. The molecule has 0 spiro atoms. The van der Waals surface area contributed by atoms with E-state index in [-0.39, 0.29) is 29.9 Å². The summed E-state index contributed by atoms with van der Waals surface area (Å²) in [5.41, 5.74) is 2.83. The molecule has 2 aromatic carbocycles. The van der Waals surface area contributed by atoms with Crippen molar-refractivity contribution < 1.29 is 23.5 Å². The molecular formula is C23H20N2O5. The number of furan rings is 1. The van der Waals surface area contributed by atoms with Crippen LogP contribution in [0.5, 0.6) is 5.75 Å². The number of nitrogens with zero attached hydrogens (tertiary/aromatic N) is 1. The third kappa shape index (κ3) is 3.82. The Morgan fingerprint density at radius 2 is 1.87 bits per heavy atom. The molecule has 30 heavy (non-hydrogen) atoms. The van der Waals surface area contributed by atoms with Crippen LogP contribution in [0.2, 0.25) is 0 Å². The molecule has 2 heterocycles. The Morgan fingerprint density at radius 1 is 1.10 bits per heavy atom. The van der Waals surface area contributed by atoms with E-state index in [2.05, 4.69) is 5.32 Å². The minimum atomic E-state index is -0.666. The van der Waals surface area contributed by atoms with E-state index in [1.54, 1.807) is 35.2 Å². The normalized spacial score (nSPS) is 12.6. The summed E-state index contributed by atoms with van der Waals surface area (Å²) in [7, 11) is 0. The van der Waals surface area contributed by atoms with E-state index in [0.29, 0.717) is 24.1 Å². The van der Waals surface area contributed by atoms with Crippen molar-refractivity contribution in [1.29, 1.82) is 0 Å². The number of hydrogen-bond donors (Lipinski definition) is 1. The van der Waals surface area contributed by atoms with E-state index in [4.69, 9.17) is 9.15 Å². The summed E-state index contributed by atoms with van der Waals surface area (Å²) in [6.07, 6.45) is 1.74. The average molecular weight is 404 g/mol. The number of carbonyl (C=O) groups excluding carboxylic acids is 3. The highest BCUT2D eigenvalue weighted by atomic mass is 16.5. The molecular weight excluding hydrogens is 384 g/mol. The number of benzene rings is 2. The van der Waals surface area contributed by atoms with Gasteiger partial charge in [-0.1, -0.05) is 18.2 Å². The molecule has 7 heteroatoms. The molecule has 0 radical (unpaired) electrons. The maximum absolute atomic E-state index is 12.6. The largest absolute Gasteiger partial charge is 0.457 e. The highest BCUT2D eigenvalue weighted by molar-refractivity contribution is 6.01. The maximum atomic E-state index is 12.6. The minimum absolute atomic E-state index is 0.0299. The molecule has 1 aliphatic heterocycles. The van der Waals surface area contributed by atoms with E-state index >= 15 is 0 Å². The molecule has 0 aliphatic carbocycles. The first-order valence-corrected chi connectivity index (χ1v) is 9.62. The molecule has 2 amide bonds. The number of fused-ring (bicyclic) bond motifs is 1. The quantitative estimate of drug-likeness (QED) is 0.503. The summed E-state index contributed by atoms with van der Waals surface area (Å²) in [5, 5.41) is 2.70. The molecule has 0 unspecified atom stereocenters. The first-order chi connectivity index (χ1) is 14.6. The first-order valence-electron chi connectivity index (χ1n) is 9.62. The number of esters is 1. The number of amides is 2. The molecule has 0 saturated carbocycles. The Hall–Kier alpha value is -3.87. The zero-order valence-corrected chi connectivity index (χ0v) is 16.4. The van der Waals surface area contributed by atoms with Gasteiger partial charge in [0.15, 0.2) is 0 Å². The van der Waals surface area contributed by atoms with Crippen LogP contribution < -0.4 is 15.0 Å². The Labute approximate surface area is 173 Å². The Bertz CT molecular complexity index is 1100. The summed E-state index contributed by atoms with van der Waals surface area (Å²) >= 11 is 0. The molecule has 3 aromatic rings. The van der Waals surface area contributed by atoms with Gasteiger partial charge in [-0.15, -0.1) is 0 Å². The van der Waals surface area contributed by atoms with Crippen molar-refractivity contribution >= 4 is 23.5 Å². The van der Waals surface area contributed by atoms with Gasteiger partial charge in [-0.25, -0.2) is 4.79 Å². The molecule has 152 valence electrons. The van der Waals surface area contributed by atoms with Crippen molar-refractivity contribution in [1.82, 2.24) is 5.32 Å². The summed E-state index contributed by atoms with van der Waals surface area (Å²) in [4.78, 5) is 38.5. The van der Waals surface area contributed by atoms with Gasteiger partial charge in [-0.3, -0.25) is 9.59 Å². The number of nitrogens with one attached hydrogen (secondary N) is 1. The zero-order valence-electron chi connectivity index (χ0n) is 16.4. The average Bonchev–Trinajstić information content (AvgIpc) is 3.33. The van der Waals surface area contributed by atoms with Crippen LogP contribution in [0.4, 0.5) is 5.69 Å². The molecule has 0 atom stereocenters. The SMILES string of the molecule is CCNC(=O)c1ccc(OC(=O)c2occc2CN2C(=O)Cc3ccccc32)cc1. The molecule has 1 aliphatic rings. The van der Waals surface area contributed by atoms with Crippen molar-refractivity contribution in [3.63, 3.8) is 0 Å². The second-order valence-corrected chi connectivity index (χ2v) is 6.83. The fourth-order valence-corrected chi connectivity index (χ4v) is 3.39. The summed E-state index contributed by atoms with van der Waals surface area (Å²) in [6, 6.07) is 15.5. The lowest BCUT2D eigenvalue weighted by atomic mass is 10.2. The van der Waals surface area contributed by atoms with Gasteiger partial charge in [0.25, 0.3) is 5.91 Å². The van der Waals surface area contributed by atoms with E-state index in [9.17, 15) is 14.4 Å². The highest BCUT2D eigenvalue weighted by Crippen LogP contribution is 2.30. The second kappa shape index (κ2) is 8.24. The van der Waals surface area contributed by atoms with Crippen molar-refractivity contribution in [2.75, 3.05) is 11.4 Å². The maximum Gasteiger partial charge on any atom is 0.379 e. The van der Waals surface area contributed by atoms with Crippen LogP contribution in [0, 0.1) is 0 Å². The molecule has 0 fully saturated rings. The Balaban J connectivity index is 1.47. The monoisotopic (exact) mass is 404 g/mol. The summed E-state index contributed by atoms with van der Waals surface area (Å²) in [5.74, 6) is -0.560. The lowest BCUT2D eigenvalue weighted by molar-refractivity contribution is -0.117. The van der Waals surface area contributed by atoms with Crippen LogP contribution in [0.3, 0.4) is 0 Å². The van der Waals surface area contributed by atoms with Gasteiger partial charge in [0.2, 0.25) is 11.7 Å². The number of ether oxygens (including phenoxy) is 1. The predicted octanol–water partition coefficient (Wildman–Crippen LogP) is 3.34. The predicted molar refractivity (Wildman–Crippen MR) is 109 cm³/mol. The van der Waals surface area contributed by atoms with Crippen LogP contribution in [-0.2, 0) is 17.8 Å². The van der Waals surface area contributed by atoms with Gasteiger partial charge in [0, 0.05) is 23.4 Å². The third-order valence-corrected chi connectivity index (χ3v) is 4.85. The lowest BCUT2D eigenvalue weighted by Crippen LogP contribution is -2.27. The zero-order chi connectivity index (χ0) is 21.1. The van der Waals surface area contributed by atoms with E-state index in [1.807, 2.05) is 31.2 Å². The lowest BCUT2D eigenvalue weighted by Gasteiger charge is -2.17. The van der Waals surface area contributed by atoms with Crippen molar-refractivity contribution in [3.05, 3.63) is 83.3 Å². The molecule has 0 saturated heterocycles. The van der Waals surface area contributed by atoms with Crippen molar-refractivity contribution in [3.8, 4) is 5.75 Å². The van der Waals surface area contributed by atoms with Crippen LogP contribution in [0.25, 0.3) is 0 Å². The first kappa shape index (κ1) is 19.4. The summed E-state index contributed by atoms with van der Waals surface area (Å²) in [6.45, 7) is 2.58. The smallest absolute Gasteiger partial charge is 0.379 e. The number of rotatable bonds is 6. The molecule has 4 rings (SSSR count). The van der Waals surface area contributed by atoms with Crippen LogP contribution in [-0.4, -0.2) is 24.3 Å². The van der Waals surface area contributed by atoms with E-state index in [1.165, 1.54) is 6.26 Å². The number of carbonyl (C=O) groups is 3. The molecule has 7 nitrogen and oxygen atoms in total. The van der Waals surface area contributed by atoms with E-state index < -0.39 is 5.97 Å². The van der Waals surface area contributed by atoms with Crippen LogP contribution in [0.1, 0.15) is 39.0 Å². The van der Waals surface area contributed by atoms with E-state index in [0.717, 1.165) is 11.3 Å². The van der Waals surface area contributed by atoms with Gasteiger partial charge in [0.05, 0.1) is 19.2 Å². The van der Waals surface area contributed by atoms with Gasteiger partial charge in [0.1, 0.15) is 5.75 Å². The van der Waals surface area contributed by atoms with Crippen molar-refractivity contribution in [2.24, 2.45) is 0 Å². The number of hydrogen-bond acceptors (Lipinski definition) is 5. The highest BCUT2D eigenvalue weighted by Gasteiger charge is 2.29. The number of para-hydroxylation sites is 1. The minimum Gasteiger partial charge on any atom is -0.457 e. The van der Waals surface area contributed by atoms with Gasteiger partial charge >= 0.3 is 5.97 Å². The molecule has 1 aromatic heterocycles. The Morgan fingerprint density at radius 3 is 2.63 bits per heavy atom. The van der Waals surface area contributed by atoms with Crippen molar-refractivity contribution in [2.45, 2.75) is 19.9 Å². The van der Waals surface area contributed by atoms with Gasteiger partial charge in [-0.2, -0.15) is 0 Å². The summed E-state index contributed by atoms with van der Waals surface area (Å²) < 4.78 is 10.7. The van der Waals surface area contributed by atoms with Gasteiger partial charge < -0.3 is 19.4 Å². The van der Waals surface area contributed by atoms with Crippen LogP contribution in [0.15, 0.2) is 65.3 Å². The second-order valence-electron chi connectivity index (χ2n) is 6.83. The fourth-order valence-electron chi connectivity index (χ4n) is 3.39. The number of anilines is 1. The standard InChI is InChI=1S/C23H20N2O5/c1-2-24-22(27)15-7-9-18(10-8-15)30-23(28)21-17(11-12-29-21)14-25-19-6-4-3-5-16(19)13-20(25)26/h3-12H,2,13-14H2,1H3,(H,24,27). The molecule has 1 N–H and O–H groups in total. The Kier molecular flexibility index (Phi) is 5.34. The topological polar surface area (TPSA) is 88.8 Å².